The van der Waals surface area contributed by atoms with E-state index in [-0.39, 0.29) is 13.1 Å². The third-order valence-corrected chi connectivity index (χ3v) is 5.06. The number of rotatable bonds is 14. The van der Waals surface area contributed by atoms with E-state index in [1.807, 2.05) is 39.8 Å². The van der Waals surface area contributed by atoms with Crippen molar-refractivity contribution in [3.05, 3.63) is 52.9 Å². The molecule has 2 rings (SSSR count). The molecule has 35 heavy (non-hydrogen) atoms. The molecule has 2 aromatic rings. The molecule has 198 valence electrons. The Labute approximate surface area is 214 Å². The van der Waals surface area contributed by atoms with Gasteiger partial charge in [0.25, 0.3) is 0 Å². The quantitative estimate of drug-likeness (QED) is 0.254. The monoisotopic (exact) mass is 511 g/mol. The van der Waals surface area contributed by atoms with Crippen molar-refractivity contribution in [1.82, 2.24) is 9.97 Å². The number of nitrogens with one attached hydrogen (secondary N) is 1. The minimum Gasteiger partial charge on any atom is -0.368 e. The van der Waals surface area contributed by atoms with E-state index < -0.39 is 11.6 Å². The fraction of sp³-hybridized carbons (Fsp3) is 0.600. The lowest BCUT2D eigenvalue weighted by Crippen LogP contribution is -2.41. The lowest BCUT2D eigenvalue weighted by molar-refractivity contribution is -0.235. The molecular formula is C25H42ClN5O4. The van der Waals surface area contributed by atoms with Crippen molar-refractivity contribution in [2.45, 2.75) is 59.2 Å². The van der Waals surface area contributed by atoms with Crippen LogP contribution in [0.3, 0.4) is 0 Å². The van der Waals surface area contributed by atoms with Gasteiger partial charge in [-0.2, -0.15) is 0 Å². The molecule has 0 aromatic carbocycles. The van der Waals surface area contributed by atoms with Crippen LogP contribution in [0.15, 0.2) is 36.7 Å². The summed E-state index contributed by atoms with van der Waals surface area (Å²) in [4.78, 5) is 8.21. The highest BCUT2D eigenvalue weighted by Gasteiger charge is 2.33. The summed E-state index contributed by atoms with van der Waals surface area (Å²) in [7, 11) is 0. The zero-order valence-corrected chi connectivity index (χ0v) is 22.6. The first-order valence-electron chi connectivity index (χ1n) is 12.1. The number of pyridine rings is 2. The molecule has 0 radical (unpaired) electrons. The fourth-order valence-electron chi connectivity index (χ4n) is 3.50. The second-order valence-electron chi connectivity index (χ2n) is 7.74. The number of nitrogens with zero attached hydrogens (tertiary/aromatic N) is 2. The minimum atomic E-state index is -0.921. The number of hydrogen-bond donors (Lipinski definition) is 3. The molecule has 0 fully saturated rings. The largest absolute Gasteiger partial charge is 0.368 e. The number of hydrogen-bond acceptors (Lipinski definition) is 9. The van der Waals surface area contributed by atoms with E-state index in [1.54, 1.807) is 24.5 Å². The van der Waals surface area contributed by atoms with Gasteiger partial charge in [0.1, 0.15) is 11.0 Å². The first kappa shape index (κ1) is 31.2. The van der Waals surface area contributed by atoms with Crippen molar-refractivity contribution in [2.24, 2.45) is 11.5 Å². The normalized spacial score (nSPS) is 11.8. The van der Waals surface area contributed by atoms with Gasteiger partial charge >= 0.3 is 0 Å². The van der Waals surface area contributed by atoms with Gasteiger partial charge in [0.05, 0.1) is 13.1 Å². The number of nitrogens with two attached hydrogens (primary N) is 2. The van der Waals surface area contributed by atoms with E-state index in [1.165, 1.54) is 0 Å². The van der Waals surface area contributed by atoms with Gasteiger partial charge in [0.15, 0.2) is 0 Å². The molecule has 2 aromatic heterocycles. The molecule has 5 N–H and O–H groups in total. The highest BCUT2D eigenvalue weighted by molar-refractivity contribution is 6.29. The molecule has 0 unspecified atom stereocenters. The molecule has 0 aliphatic heterocycles. The van der Waals surface area contributed by atoms with Crippen LogP contribution >= 0.6 is 11.6 Å². The average molecular weight is 512 g/mol. The summed E-state index contributed by atoms with van der Waals surface area (Å²) >= 11 is 5.85. The van der Waals surface area contributed by atoms with E-state index in [4.69, 9.17) is 42.0 Å². The predicted molar refractivity (Wildman–Crippen MR) is 140 cm³/mol. The smallest absolute Gasteiger partial charge is 0.207 e. The minimum absolute atomic E-state index is 0.231. The molecule has 0 aliphatic rings. The van der Waals surface area contributed by atoms with Crippen LogP contribution in [0.4, 0.5) is 5.82 Å². The van der Waals surface area contributed by atoms with Crippen LogP contribution in [0.25, 0.3) is 0 Å². The number of ether oxygens (including phenoxy) is 4. The summed E-state index contributed by atoms with van der Waals surface area (Å²) in [6.07, 6.45) is 3.35. The van der Waals surface area contributed by atoms with Crippen molar-refractivity contribution in [3.63, 3.8) is 0 Å². The van der Waals surface area contributed by atoms with E-state index in [0.29, 0.717) is 37.6 Å². The van der Waals surface area contributed by atoms with Crippen LogP contribution in [-0.4, -0.2) is 55.5 Å². The van der Waals surface area contributed by atoms with Crippen molar-refractivity contribution in [3.8, 4) is 0 Å². The second-order valence-corrected chi connectivity index (χ2v) is 8.13. The van der Waals surface area contributed by atoms with Crippen molar-refractivity contribution < 1.29 is 18.9 Å². The molecule has 2 heterocycles. The van der Waals surface area contributed by atoms with Crippen LogP contribution in [0.2, 0.25) is 5.15 Å². The lowest BCUT2D eigenvalue weighted by atomic mass is 10.1. The molecule has 0 saturated heterocycles. The van der Waals surface area contributed by atoms with E-state index in [0.717, 1.165) is 16.9 Å². The lowest BCUT2D eigenvalue weighted by Gasteiger charge is -2.32. The Balaban J connectivity index is 0.000000355. The Hall–Kier alpha value is -1.85. The van der Waals surface area contributed by atoms with Gasteiger partial charge < -0.3 is 35.7 Å². The van der Waals surface area contributed by atoms with Crippen molar-refractivity contribution in [2.75, 3.05) is 44.8 Å². The maximum atomic E-state index is 5.87. The highest BCUT2D eigenvalue weighted by Crippen LogP contribution is 2.28. The standard InChI is InChI=1S/C14H25N3O2.C11H17ClN2O2/c1-5-18-14(10-15,19-6-2)12-7-8-16-13(9-12)17-11(3)4;1-3-15-11(8-13,16-4-2)9-5-6-14-10(12)7-9/h7-9,11H,5-6,10,15H2,1-4H3,(H,16,17);5-7H,3-4,8,13H2,1-2H3. The van der Waals surface area contributed by atoms with Gasteiger partial charge in [-0.15, -0.1) is 0 Å². The summed E-state index contributed by atoms with van der Waals surface area (Å²) in [5.74, 6) is -1.01. The number of halogens is 1. The molecular weight excluding hydrogens is 470 g/mol. The average Bonchev–Trinajstić information content (AvgIpc) is 2.84. The van der Waals surface area contributed by atoms with Gasteiger partial charge in [-0.25, -0.2) is 9.97 Å². The summed E-state index contributed by atoms with van der Waals surface area (Å²) in [6.45, 7) is 14.4. The zero-order valence-electron chi connectivity index (χ0n) is 21.8. The fourth-order valence-corrected chi connectivity index (χ4v) is 3.68. The maximum absolute atomic E-state index is 5.87. The van der Waals surface area contributed by atoms with Crippen LogP contribution in [0.5, 0.6) is 0 Å². The SMILES string of the molecule is CCOC(CN)(OCC)c1ccnc(Cl)c1.CCOC(CN)(OCC)c1ccnc(NC(C)C)c1. The Kier molecular flexibility index (Phi) is 14.3. The molecule has 0 amide bonds. The van der Waals surface area contributed by atoms with Crippen LogP contribution in [0.1, 0.15) is 52.7 Å². The maximum Gasteiger partial charge on any atom is 0.207 e. The Bertz CT molecular complexity index is 844. The summed E-state index contributed by atoms with van der Waals surface area (Å²) in [5.41, 5.74) is 13.3. The summed E-state index contributed by atoms with van der Waals surface area (Å²) in [5, 5.41) is 3.66. The third-order valence-electron chi connectivity index (χ3n) is 4.85. The van der Waals surface area contributed by atoms with Gasteiger partial charge in [-0.05, 0) is 65.8 Å². The van der Waals surface area contributed by atoms with Crippen LogP contribution in [-0.2, 0) is 30.5 Å². The van der Waals surface area contributed by atoms with E-state index in [9.17, 15) is 0 Å². The predicted octanol–water partition coefficient (Wildman–Crippen LogP) is 4.01. The van der Waals surface area contributed by atoms with E-state index in [2.05, 4.69) is 29.1 Å². The first-order valence-corrected chi connectivity index (χ1v) is 12.4. The molecule has 0 atom stereocenters. The topological polar surface area (TPSA) is 127 Å². The third kappa shape index (κ3) is 9.27. The molecule has 0 aliphatic carbocycles. The Morgan fingerprint density at radius 2 is 1.23 bits per heavy atom. The van der Waals surface area contributed by atoms with Gasteiger partial charge in [-0.3, -0.25) is 0 Å². The number of aromatic nitrogens is 2. The van der Waals surface area contributed by atoms with Gasteiger partial charge in [-0.1, -0.05) is 11.6 Å². The van der Waals surface area contributed by atoms with E-state index >= 15 is 0 Å². The molecule has 10 heteroatoms. The molecule has 0 saturated carbocycles. The highest BCUT2D eigenvalue weighted by atomic mass is 35.5. The summed E-state index contributed by atoms with van der Waals surface area (Å²) in [6, 6.07) is 7.63. The van der Waals surface area contributed by atoms with Crippen molar-refractivity contribution in [1.29, 1.82) is 0 Å². The Morgan fingerprint density at radius 3 is 1.60 bits per heavy atom. The Morgan fingerprint density at radius 1 is 0.800 bits per heavy atom. The second kappa shape index (κ2) is 16.0. The zero-order chi connectivity index (χ0) is 26.3. The van der Waals surface area contributed by atoms with Crippen LogP contribution < -0.4 is 16.8 Å². The molecule has 9 nitrogen and oxygen atoms in total. The number of anilines is 1. The molecule has 0 spiro atoms. The van der Waals surface area contributed by atoms with Gasteiger partial charge in [0.2, 0.25) is 11.6 Å². The van der Waals surface area contributed by atoms with Crippen molar-refractivity contribution >= 4 is 17.4 Å². The van der Waals surface area contributed by atoms with Gasteiger partial charge in [0, 0.05) is 56.0 Å². The summed E-state index contributed by atoms with van der Waals surface area (Å²) < 4.78 is 22.8. The first-order chi connectivity index (χ1) is 16.8. The van der Waals surface area contributed by atoms with Crippen LogP contribution in [0, 0.1) is 0 Å². The molecule has 0 bridgehead atoms.